The summed E-state index contributed by atoms with van der Waals surface area (Å²) in [7, 11) is 0. The number of carbonyl (C=O) groups is 1. The first kappa shape index (κ1) is 14.8. The molecule has 8 nitrogen and oxygen atoms in total. The van der Waals surface area contributed by atoms with E-state index in [0.717, 1.165) is 12.8 Å². The molecule has 3 aromatic heterocycles. The number of rotatable bonds is 3. The number of hydrogen-bond acceptors (Lipinski definition) is 6. The van der Waals surface area contributed by atoms with Gasteiger partial charge < -0.3 is 9.42 Å². The van der Waals surface area contributed by atoms with Crippen molar-refractivity contribution in [2.24, 2.45) is 0 Å². The largest absolute Gasteiger partial charge is 0.339 e. The van der Waals surface area contributed by atoms with Crippen molar-refractivity contribution in [1.82, 2.24) is 29.6 Å². The van der Waals surface area contributed by atoms with Gasteiger partial charge in [0.25, 0.3) is 5.91 Å². The van der Waals surface area contributed by atoms with Crippen molar-refractivity contribution < 1.29 is 9.32 Å². The van der Waals surface area contributed by atoms with Crippen molar-refractivity contribution >= 4 is 11.6 Å². The Kier molecular flexibility index (Phi) is 3.51. The van der Waals surface area contributed by atoms with Crippen molar-refractivity contribution in [2.45, 2.75) is 38.6 Å². The van der Waals surface area contributed by atoms with Gasteiger partial charge in [-0.25, -0.2) is 0 Å². The molecule has 4 rings (SSSR count). The quantitative estimate of drug-likeness (QED) is 0.733. The molecule has 0 aliphatic carbocycles. The molecule has 1 amide bonds. The Labute approximate surface area is 138 Å². The van der Waals surface area contributed by atoms with Crippen LogP contribution in [0.3, 0.4) is 0 Å². The average Bonchev–Trinajstić information content (AvgIpc) is 3.31. The van der Waals surface area contributed by atoms with E-state index in [-0.39, 0.29) is 17.9 Å². The second kappa shape index (κ2) is 5.70. The zero-order valence-electron chi connectivity index (χ0n) is 13.6. The summed E-state index contributed by atoms with van der Waals surface area (Å²) >= 11 is 0. The summed E-state index contributed by atoms with van der Waals surface area (Å²) < 4.78 is 7.04. The Morgan fingerprint density at radius 1 is 1.38 bits per heavy atom. The van der Waals surface area contributed by atoms with Crippen LogP contribution >= 0.6 is 0 Å². The third kappa shape index (κ3) is 2.44. The Morgan fingerprint density at radius 2 is 2.25 bits per heavy atom. The molecular weight excluding hydrogens is 308 g/mol. The first-order valence-electron chi connectivity index (χ1n) is 8.07. The van der Waals surface area contributed by atoms with E-state index in [0.29, 0.717) is 29.5 Å². The van der Waals surface area contributed by atoms with Gasteiger partial charge in [-0.3, -0.25) is 9.20 Å². The molecule has 0 radical (unpaired) electrons. The van der Waals surface area contributed by atoms with Crippen molar-refractivity contribution in [2.75, 3.05) is 6.54 Å². The minimum Gasteiger partial charge on any atom is -0.339 e. The summed E-state index contributed by atoms with van der Waals surface area (Å²) in [5.74, 6) is 1.34. The molecule has 1 saturated heterocycles. The van der Waals surface area contributed by atoms with Gasteiger partial charge >= 0.3 is 0 Å². The van der Waals surface area contributed by atoms with Crippen LogP contribution in [0.2, 0.25) is 0 Å². The predicted molar refractivity (Wildman–Crippen MR) is 84.4 cm³/mol. The number of carbonyl (C=O) groups excluding carboxylic acids is 1. The topological polar surface area (TPSA) is 89.4 Å². The molecule has 0 N–H and O–H groups in total. The molecule has 1 aliphatic heterocycles. The van der Waals surface area contributed by atoms with Crippen LogP contribution in [0.5, 0.6) is 0 Å². The Balaban J connectivity index is 1.62. The molecule has 1 unspecified atom stereocenters. The third-order valence-corrected chi connectivity index (χ3v) is 4.30. The van der Waals surface area contributed by atoms with Gasteiger partial charge in [0, 0.05) is 18.7 Å². The number of aromatic nitrogens is 5. The van der Waals surface area contributed by atoms with Crippen molar-refractivity contribution in [1.29, 1.82) is 0 Å². The highest BCUT2D eigenvalue weighted by molar-refractivity contribution is 5.94. The lowest BCUT2D eigenvalue weighted by atomic mass is 10.2. The summed E-state index contributed by atoms with van der Waals surface area (Å²) in [5, 5.41) is 11.9. The number of amides is 1. The minimum absolute atomic E-state index is 0.0380. The first-order valence-corrected chi connectivity index (χ1v) is 8.07. The maximum absolute atomic E-state index is 12.9. The van der Waals surface area contributed by atoms with E-state index in [9.17, 15) is 4.79 Å². The number of fused-ring (bicyclic) bond motifs is 1. The van der Waals surface area contributed by atoms with E-state index in [2.05, 4.69) is 20.3 Å². The Hall–Kier alpha value is -2.77. The van der Waals surface area contributed by atoms with Gasteiger partial charge in [0.05, 0.1) is 11.6 Å². The van der Waals surface area contributed by atoms with Crippen LogP contribution in [0.15, 0.2) is 29.2 Å². The highest BCUT2D eigenvalue weighted by atomic mass is 16.5. The van der Waals surface area contributed by atoms with Crippen molar-refractivity contribution in [3.63, 3.8) is 0 Å². The van der Waals surface area contributed by atoms with Crippen LogP contribution in [-0.2, 0) is 0 Å². The second-order valence-corrected chi connectivity index (χ2v) is 6.32. The molecule has 4 heterocycles. The number of pyridine rings is 1. The molecule has 24 heavy (non-hydrogen) atoms. The number of nitrogens with zero attached hydrogens (tertiary/aromatic N) is 6. The summed E-state index contributed by atoms with van der Waals surface area (Å²) in [6.07, 6.45) is 5.11. The summed E-state index contributed by atoms with van der Waals surface area (Å²) in [6, 6.07) is 3.43. The lowest BCUT2D eigenvalue weighted by Crippen LogP contribution is -2.31. The lowest BCUT2D eigenvalue weighted by molar-refractivity contribution is 0.0728. The van der Waals surface area contributed by atoms with Crippen LogP contribution in [0, 0.1) is 0 Å². The van der Waals surface area contributed by atoms with Crippen LogP contribution in [0.1, 0.15) is 60.7 Å². The second-order valence-electron chi connectivity index (χ2n) is 6.32. The van der Waals surface area contributed by atoms with E-state index in [1.165, 1.54) is 0 Å². The monoisotopic (exact) mass is 326 g/mol. The van der Waals surface area contributed by atoms with E-state index in [1.54, 1.807) is 29.1 Å². The van der Waals surface area contributed by atoms with Gasteiger partial charge in [-0.15, -0.1) is 10.2 Å². The molecule has 3 aromatic rings. The van der Waals surface area contributed by atoms with Gasteiger partial charge in [0.15, 0.2) is 11.5 Å². The molecule has 8 heteroatoms. The molecule has 0 aromatic carbocycles. The van der Waals surface area contributed by atoms with Crippen LogP contribution in [-0.4, -0.2) is 42.1 Å². The van der Waals surface area contributed by atoms with Gasteiger partial charge in [-0.2, -0.15) is 4.98 Å². The lowest BCUT2D eigenvalue weighted by Gasteiger charge is -2.22. The standard InChI is InChI=1S/C16H18N6O2/c1-10(2)15-18-14(20-24-15)12-4-3-7-22(12)16(23)11-5-6-13-19-17-9-21(13)8-11/h5-6,8-10,12H,3-4,7H2,1-2H3. The molecule has 124 valence electrons. The van der Waals surface area contributed by atoms with Crippen LogP contribution < -0.4 is 0 Å². The zero-order valence-corrected chi connectivity index (χ0v) is 13.6. The number of hydrogen-bond donors (Lipinski definition) is 0. The van der Waals surface area contributed by atoms with E-state index in [1.807, 2.05) is 18.7 Å². The molecule has 1 atom stereocenters. The fourth-order valence-electron chi connectivity index (χ4n) is 3.02. The summed E-state index contributed by atoms with van der Waals surface area (Å²) in [5.41, 5.74) is 1.31. The van der Waals surface area contributed by atoms with Gasteiger partial charge in [-0.1, -0.05) is 19.0 Å². The van der Waals surface area contributed by atoms with Gasteiger partial charge in [-0.05, 0) is 25.0 Å². The Morgan fingerprint density at radius 3 is 3.04 bits per heavy atom. The maximum atomic E-state index is 12.9. The molecule has 1 aliphatic rings. The normalized spacial score (nSPS) is 18.0. The highest BCUT2D eigenvalue weighted by Crippen LogP contribution is 2.32. The molecular formula is C16H18N6O2. The fourth-order valence-corrected chi connectivity index (χ4v) is 3.02. The van der Waals surface area contributed by atoms with Crippen LogP contribution in [0.4, 0.5) is 0 Å². The van der Waals surface area contributed by atoms with Gasteiger partial charge in [0.2, 0.25) is 5.89 Å². The average molecular weight is 326 g/mol. The van der Waals surface area contributed by atoms with E-state index >= 15 is 0 Å². The smallest absolute Gasteiger partial charge is 0.255 e. The fraction of sp³-hybridized carbons (Fsp3) is 0.438. The van der Waals surface area contributed by atoms with E-state index < -0.39 is 0 Å². The van der Waals surface area contributed by atoms with Crippen molar-refractivity contribution in [3.05, 3.63) is 41.9 Å². The van der Waals surface area contributed by atoms with E-state index in [4.69, 9.17) is 4.52 Å². The summed E-state index contributed by atoms with van der Waals surface area (Å²) in [6.45, 7) is 4.70. The third-order valence-electron chi connectivity index (χ3n) is 4.30. The van der Waals surface area contributed by atoms with Gasteiger partial charge in [0.1, 0.15) is 6.33 Å². The van der Waals surface area contributed by atoms with Crippen LogP contribution in [0.25, 0.3) is 5.65 Å². The number of likely N-dealkylation sites (tertiary alicyclic amines) is 1. The zero-order chi connectivity index (χ0) is 16.7. The molecule has 0 spiro atoms. The predicted octanol–water partition coefficient (Wildman–Crippen LogP) is 2.21. The maximum Gasteiger partial charge on any atom is 0.255 e. The van der Waals surface area contributed by atoms with Crippen molar-refractivity contribution in [3.8, 4) is 0 Å². The summed E-state index contributed by atoms with van der Waals surface area (Å²) in [4.78, 5) is 19.2. The molecule has 0 bridgehead atoms. The first-order chi connectivity index (χ1) is 11.6. The highest BCUT2D eigenvalue weighted by Gasteiger charge is 2.34. The molecule has 0 saturated carbocycles. The SMILES string of the molecule is CC(C)c1nc(C2CCCN2C(=O)c2ccc3nncn3c2)no1. The minimum atomic E-state index is -0.134. The Bertz CT molecular complexity index is 883. The molecule has 1 fully saturated rings.